The Bertz CT molecular complexity index is 457. The first-order chi connectivity index (χ1) is 9.43. The van der Waals surface area contributed by atoms with Crippen LogP contribution in [0.3, 0.4) is 0 Å². The van der Waals surface area contributed by atoms with Gasteiger partial charge in [0.2, 0.25) is 11.8 Å². The maximum Gasteiger partial charge on any atom is 0.238 e. The van der Waals surface area contributed by atoms with Crippen molar-refractivity contribution in [3.8, 4) is 0 Å². The average molecular weight is 277 g/mol. The Hall–Kier alpha value is -1.88. The van der Waals surface area contributed by atoms with Crippen molar-refractivity contribution >= 4 is 23.2 Å². The lowest BCUT2D eigenvalue weighted by atomic mass is 10.2. The third-order valence-electron chi connectivity index (χ3n) is 3.23. The minimum atomic E-state index is -0.0713. The zero-order valence-corrected chi connectivity index (χ0v) is 12.6. The van der Waals surface area contributed by atoms with Gasteiger partial charge in [-0.05, 0) is 37.6 Å². The van der Waals surface area contributed by atoms with Crippen LogP contribution in [0.15, 0.2) is 24.3 Å². The number of carbonyl (C=O) groups is 2. The van der Waals surface area contributed by atoms with Crippen LogP contribution in [0.1, 0.15) is 27.2 Å². The number of anilines is 2. The molecule has 1 atom stereocenters. The molecule has 0 saturated carbocycles. The van der Waals surface area contributed by atoms with Crippen LogP contribution in [0.2, 0.25) is 0 Å². The molecule has 2 amide bonds. The number of hydrogen-bond acceptors (Lipinski definition) is 3. The number of hydrogen-bond donors (Lipinski definition) is 2. The molecule has 1 unspecified atom stereocenters. The van der Waals surface area contributed by atoms with E-state index in [4.69, 9.17) is 0 Å². The molecule has 0 saturated heterocycles. The third kappa shape index (κ3) is 5.01. The lowest BCUT2D eigenvalue weighted by molar-refractivity contribution is -0.116. The molecule has 5 nitrogen and oxygen atoms in total. The second-order valence-electron chi connectivity index (χ2n) is 4.86. The number of nitrogens with one attached hydrogen (secondary N) is 2. The van der Waals surface area contributed by atoms with Gasteiger partial charge in [0.25, 0.3) is 0 Å². The molecule has 20 heavy (non-hydrogen) atoms. The summed E-state index contributed by atoms with van der Waals surface area (Å²) >= 11 is 0. The topological polar surface area (TPSA) is 61.4 Å². The first-order valence-electron chi connectivity index (χ1n) is 6.81. The second kappa shape index (κ2) is 7.65. The maximum atomic E-state index is 11.7. The van der Waals surface area contributed by atoms with Crippen LogP contribution in [0.5, 0.6) is 0 Å². The van der Waals surface area contributed by atoms with Crippen LogP contribution in [-0.2, 0) is 9.59 Å². The Morgan fingerprint density at radius 1 is 1.25 bits per heavy atom. The first kappa shape index (κ1) is 16.2. The zero-order chi connectivity index (χ0) is 15.1. The molecule has 0 aliphatic rings. The average Bonchev–Trinajstić information content (AvgIpc) is 2.44. The molecule has 0 aliphatic heterocycles. The summed E-state index contributed by atoms with van der Waals surface area (Å²) in [6, 6.07) is 7.51. The zero-order valence-electron chi connectivity index (χ0n) is 12.6. The van der Waals surface area contributed by atoms with E-state index in [1.807, 2.05) is 6.92 Å². The molecule has 2 N–H and O–H groups in total. The molecular weight excluding hydrogens is 254 g/mol. The van der Waals surface area contributed by atoms with Gasteiger partial charge < -0.3 is 15.5 Å². The fourth-order valence-electron chi connectivity index (χ4n) is 1.57. The highest BCUT2D eigenvalue weighted by Crippen LogP contribution is 2.16. The van der Waals surface area contributed by atoms with Crippen LogP contribution in [0, 0.1) is 0 Å². The minimum Gasteiger partial charge on any atom is -0.325 e. The molecule has 0 heterocycles. The molecule has 1 aromatic carbocycles. The molecule has 110 valence electrons. The van der Waals surface area contributed by atoms with Crippen LogP contribution in [-0.4, -0.2) is 31.4 Å². The van der Waals surface area contributed by atoms with E-state index in [1.165, 1.54) is 6.92 Å². The summed E-state index contributed by atoms with van der Waals surface area (Å²) in [5, 5.41) is 5.94. The molecule has 0 aliphatic carbocycles. The van der Waals surface area contributed by atoms with Crippen molar-refractivity contribution in [1.29, 1.82) is 0 Å². The SMILES string of the molecule is CCC(C)NCC(=O)Nc1ccc(N(C)C(C)=O)cc1. The first-order valence-corrected chi connectivity index (χ1v) is 6.81. The quantitative estimate of drug-likeness (QED) is 0.836. The molecule has 0 spiro atoms. The number of nitrogens with zero attached hydrogens (tertiary/aromatic N) is 1. The standard InChI is InChI=1S/C15H23N3O2/c1-5-11(2)16-10-15(20)17-13-6-8-14(9-7-13)18(4)12(3)19/h6-9,11,16H,5,10H2,1-4H3,(H,17,20). The fraction of sp³-hybridized carbons (Fsp3) is 0.467. The predicted octanol–water partition coefficient (Wildman–Crippen LogP) is 2.00. The number of amides is 2. The summed E-state index contributed by atoms with van der Waals surface area (Å²) in [6.07, 6.45) is 0.985. The molecule has 1 aromatic rings. The third-order valence-corrected chi connectivity index (χ3v) is 3.23. The van der Waals surface area contributed by atoms with Crippen LogP contribution < -0.4 is 15.5 Å². The van der Waals surface area contributed by atoms with Gasteiger partial charge in [-0.1, -0.05) is 6.92 Å². The van der Waals surface area contributed by atoms with Crippen molar-refractivity contribution in [3.05, 3.63) is 24.3 Å². The van der Waals surface area contributed by atoms with Gasteiger partial charge in [-0.15, -0.1) is 0 Å². The largest absolute Gasteiger partial charge is 0.325 e. The van der Waals surface area contributed by atoms with Crippen LogP contribution in [0.25, 0.3) is 0 Å². The molecule has 5 heteroatoms. The van der Waals surface area contributed by atoms with E-state index in [2.05, 4.69) is 17.6 Å². The molecule has 0 aromatic heterocycles. The number of rotatable bonds is 6. The van der Waals surface area contributed by atoms with Crippen LogP contribution in [0.4, 0.5) is 11.4 Å². The highest BCUT2D eigenvalue weighted by atomic mass is 16.2. The van der Waals surface area contributed by atoms with Crippen molar-refractivity contribution in [3.63, 3.8) is 0 Å². The van der Waals surface area contributed by atoms with Crippen molar-refractivity contribution < 1.29 is 9.59 Å². The molecule has 1 rings (SSSR count). The van der Waals surface area contributed by atoms with E-state index in [-0.39, 0.29) is 11.8 Å². The number of carbonyl (C=O) groups excluding carboxylic acids is 2. The Balaban J connectivity index is 2.53. The summed E-state index contributed by atoms with van der Waals surface area (Å²) in [7, 11) is 1.71. The monoisotopic (exact) mass is 277 g/mol. The molecule has 0 radical (unpaired) electrons. The van der Waals surface area contributed by atoms with Crippen molar-refractivity contribution in [1.82, 2.24) is 5.32 Å². The van der Waals surface area contributed by atoms with Gasteiger partial charge in [0.15, 0.2) is 0 Å². The smallest absolute Gasteiger partial charge is 0.238 e. The van der Waals surface area contributed by atoms with E-state index < -0.39 is 0 Å². The summed E-state index contributed by atoms with van der Waals surface area (Å²) in [6.45, 7) is 5.92. The van der Waals surface area contributed by atoms with Gasteiger partial charge in [0.1, 0.15) is 0 Å². The summed E-state index contributed by atoms with van der Waals surface area (Å²) in [5.41, 5.74) is 1.52. The van der Waals surface area contributed by atoms with E-state index in [9.17, 15) is 9.59 Å². The van der Waals surface area contributed by atoms with Crippen molar-refractivity contribution in [2.75, 3.05) is 23.8 Å². The Kier molecular flexibility index (Phi) is 6.18. The van der Waals surface area contributed by atoms with Gasteiger partial charge >= 0.3 is 0 Å². The van der Waals surface area contributed by atoms with E-state index in [0.717, 1.165) is 17.8 Å². The highest BCUT2D eigenvalue weighted by molar-refractivity contribution is 5.93. The Labute approximate surface area is 120 Å². The normalized spacial score (nSPS) is 11.8. The predicted molar refractivity (Wildman–Crippen MR) is 81.9 cm³/mol. The molecular formula is C15H23N3O2. The van der Waals surface area contributed by atoms with Gasteiger partial charge in [-0.25, -0.2) is 0 Å². The molecule has 0 fully saturated rings. The Morgan fingerprint density at radius 3 is 2.35 bits per heavy atom. The Morgan fingerprint density at radius 2 is 1.85 bits per heavy atom. The van der Waals surface area contributed by atoms with Gasteiger partial charge in [-0.2, -0.15) is 0 Å². The summed E-state index contributed by atoms with van der Waals surface area (Å²) < 4.78 is 0. The van der Waals surface area contributed by atoms with Crippen molar-refractivity contribution in [2.45, 2.75) is 33.2 Å². The fourth-order valence-corrected chi connectivity index (χ4v) is 1.57. The summed E-state index contributed by atoms with van der Waals surface area (Å²) in [4.78, 5) is 24.5. The van der Waals surface area contributed by atoms with Crippen molar-refractivity contribution in [2.24, 2.45) is 0 Å². The van der Waals surface area contributed by atoms with E-state index in [1.54, 1.807) is 36.2 Å². The van der Waals surface area contributed by atoms with E-state index >= 15 is 0 Å². The second-order valence-corrected chi connectivity index (χ2v) is 4.86. The maximum absolute atomic E-state index is 11.7. The van der Waals surface area contributed by atoms with E-state index in [0.29, 0.717) is 12.6 Å². The van der Waals surface area contributed by atoms with Gasteiger partial charge in [-0.3, -0.25) is 9.59 Å². The summed E-state index contributed by atoms with van der Waals surface area (Å²) in [5.74, 6) is -0.0995. The highest BCUT2D eigenvalue weighted by Gasteiger charge is 2.07. The van der Waals surface area contributed by atoms with Gasteiger partial charge in [0.05, 0.1) is 6.54 Å². The minimum absolute atomic E-state index is 0.0282. The lowest BCUT2D eigenvalue weighted by Crippen LogP contribution is -2.33. The van der Waals surface area contributed by atoms with Gasteiger partial charge in [0, 0.05) is 31.4 Å². The number of benzene rings is 1. The lowest BCUT2D eigenvalue weighted by Gasteiger charge is -2.15. The van der Waals surface area contributed by atoms with Crippen LogP contribution >= 0.6 is 0 Å². The molecule has 0 bridgehead atoms.